The van der Waals surface area contributed by atoms with Gasteiger partial charge in [-0.15, -0.1) is 0 Å². The molecule has 1 aromatic rings. The minimum atomic E-state index is -0.342. The highest BCUT2D eigenvalue weighted by Gasteiger charge is 2.26. The van der Waals surface area contributed by atoms with Gasteiger partial charge in [0.1, 0.15) is 6.04 Å². The van der Waals surface area contributed by atoms with E-state index in [-0.39, 0.29) is 17.9 Å². The lowest BCUT2D eigenvalue weighted by Gasteiger charge is -2.12. The van der Waals surface area contributed by atoms with Crippen molar-refractivity contribution in [1.29, 1.82) is 0 Å². The van der Waals surface area contributed by atoms with E-state index in [4.69, 9.17) is 0 Å². The van der Waals surface area contributed by atoms with Crippen LogP contribution in [-0.2, 0) is 16.0 Å². The lowest BCUT2D eigenvalue weighted by molar-refractivity contribution is -0.125. The summed E-state index contributed by atoms with van der Waals surface area (Å²) in [6.07, 6.45) is 3.01. The second kappa shape index (κ2) is 7.25. The van der Waals surface area contributed by atoms with Gasteiger partial charge in [-0.25, -0.2) is 0 Å². The first-order chi connectivity index (χ1) is 10.1. The molecule has 114 valence electrons. The van der Waals surface area contributed by atoms with Gasteiger partial charge in [-0.1, -0.05) is 38.1 Å². The molecular formula is C17H24N2O2. The Morgan fingerprint density at radius 3 is 2.67 bits per heavy atom. The predicted octanol–water partition coefficient (Wildman–Crippen LogP) is 2.14. The zero-order valence-corrected chi connectivity index (χ0v) is 12.8. The van der Waals surface area contributed by atoms with Crippen molar-refractivity contribution in [2.75, 3.05) is 6.54 Å². The van der Waals surface area contributed by atoms with Crippen LogP contribution in [0.3, 0.4) is 0 Å². The molecule has 1 heterocycles. The number of amides is 2. The third-order valence-electron chi connectivity index (χ3n) is 4.19. The largest absolute Gasteiger partial charge is 0.354 e. The molecule has 1 aliphatic heterocycles. The second-order valence-corrected chi connectivity index (χ2v) is 5.75. The van der Waals surface area contributed by atoms with Crippen molar-refractivity contribution in [3.05, 3.63) is 35.4 Å². The molecule has 0 bridgehead atoms. The molecule has 0 saturated carbocycles. The van der Waals surface area contributed by atoms with Crippen LogP contribution >= 0.6 is 0 Å². The molecule has 1 aliphatic rings. The fourth-order valence-corrected chi connectivity index (χ4v) is 2.51. The zero-order valence-electron chi connectivity index (χ0n) is 12.8. The monoisotopic (exact) mass is 288 g/mol. The summed E-state index contributed by atoms with van der Waals surface area (Å²) < 4.78 is 0. The number of benzene rings is 1. The van der Waals surface area contributed by atoms with E-state index in [9.17, 15) is 9.59 Å². The van der Waals surface area contributed by atoms with E-state index < -0.39 is 0 Å². The maximum Gasteiger partial charge on any atom is 0.242 e. The van der Waals surface area contributed by atoms with Crippen LogP contribution in [0.5, 0.6) is 0 Å². The van der Waals surface area contributed by atoms with Gasteiger partial charge in [0.05, 0.1) is 0 Å². The number of carbonyl (C=O) groups is 2. The molecule has 2 unspecified atom stereocenters. The van der Waals surface area contributed by atoms with Crippen LogP contribution in [0.4, 0.5) is 0 Å². The summed E-state index contributed by atoms with van der Waals surface area (Å²) in [5, 5.41) is 5.57. The summed E-state index contributed by atoms with van der Waals surface area (Å²) in [6, 6.07) is 8.26. The van der Waals surface area contributed by atoms with E-state index in [0.29, 0.717) is 25.3 Å². The van der Waals surface area contributed by atoms with Crippen molar-refractivity contribution in [2.24, 2.45) is 0 Å². The number of nitrogens with one attached hydrogen (secondary N) is 2. The average molecular weight is 288 g/mol. The highest BCUT2D eigenvalue weighted by molar-refractivity contribution is 5.90. The van der Waals surface area contributed by atoms with Gasteiger partial charge in [0.25, 0.3) is 0 Å². The minimum Gasteiger partial charge on any atom is -0.354 e. The molecule has 2 rings (SSSR count). The van der Waals surface area contributed by atoms with E-state index in [1.54, 1.807) is 0 Å². The van der Waals surface area contributed by atoms with Crippen molar-refractivity contribution in [3.63, 3.8) is 0 Å². The third-order valence-corrected chi connectivity index (χ3v) is 4.19. The molecule has 4 nitrogen and oxygen atoms in total. The Hall–Kier alpha value is -1.84. The van der Waals surface area contributed by atoms with Crippen molar-refractivity contribution in [2.45, 2.75) is 51.5 Å². The molecule has 1 fully saturated rings. The quantitative estimate of drug-likeness (QED) is 0.842. The molecule has 1 saturated heterocycles. The average Bonchev–Trinajstić information content (AvgIpc) is 2.94. The molecule has 0 radical (unpaired) electrons. The van der Waals surface area contributed by atoms with Gasteiger partial charge in [0.2, 0.25) is 11.8 Å². The van der Waals surface area contributed by atoms with Crippen molar-refractivity contribution < 1.29 is 9.59 Å². The molecule has 0 aromatic heterocycles. The molecule has 4 heteroatoms. The third kappa shape index (κ3) is 4.31. The molecule has 2 N–H and O–H groups in total. The maximum absolute atomic E-state index is 11.8. The Morgan fingerprint density at radius 1 is 1.38 bits per heavy atom. The highest BCUT2D eigenvalue weighted by Crippen LogP contribution is 2.18. The zero-order chi connectivity index (χ0) is 15.2. The minimum absolute atomic E-state index is 0.0317. The summed E-state index contributed by atoms with van der Waals surface area (Å²) in [4.78, 5) is 22.9. The van der Waals surface area contributed by atoms with E-state index >= 15 is 0 Å². The van der Waals surface area contributed by atoms with Crippen molar-refractivity contribution in [3.8, 4) is 0 Å². The number of hydrogen-bond acceptors (Lipinski definition) is 2. The van der Waals surface area contributed by atoms with E-state index in [1.165, 1.54) is 11.1 Å². The Morgan fingerprint density at radius 2 is 2.10 bits per heavy atom. The standard InChI is InChI=1S/C17H24N2O2/c1-3-12(2)14-6-4-13(5-7-14)10-11-18-17(21)15-8-9-16(20)19-15/h4-7,12,15H,3,8-11H2,1-2H3,(H,18,21)(H,19,20). The molecule has 21 heavy (non-hydrogen) atoms. The normalized spacial score (nSPS) is 19.1. The Bertz CT molecular complexity index is 496. The van der Waals surface area contributed by atoms with Crippen LogP contribution in [0.25, 0.3) is 0 Å². The first kappa shape index (κ1) is 15.5. The van der Waals surface area contributed by atoms with Crippen LogP contribution in [-0.4, -0.2) is 24.4 Å². The Labute approximate surface area is 126 Å². The SMILES string of the molecule is CCC(C)c1ccc(CCNC(=O)C2CCC(=O)N2)cc1. The van der Waals surface area contributed by atoms with Crippen molar-refractivity contribution >= 4 is 11.8 Å². The number of rotatable bonds is 6. The molecule has 2 atom stereocenters. The molecular weight excluding hydrogens is 264 g/mol. The number of carbonyl (C=O) groups excluding carboxylic acids is 2. The predicted molar refractivity (Wildman–Crippen MR) is 83.0 cm³/mol. The second-order valence-electron chi connectivity index (χ2n) is 5.75. The summed E-state index contributed by atoms with van der Waals surface area (Å²) in [5.41, 5.74) is 2.58. The molecule has 0 spiro atoms. The highest BCUT2D eigenvalue weighted by atomic mass is 16.2. The summed E-state index contributed by atoms with van der Waals surface area (Å²) in [6.45, 7) is 5.02. The Kier molecular flexibility index (Phi) is 5.37. The van der Waals surface area contributed by atoms with Gasteiger partial charge >= 0.3 is 0 Å². The fourth-order valence-electron chi connectivity index (χ4n) is 2.51. The molecule has 2 amide bonds. The summed E-state index contributed by atoms with van der Waals surface area (Å²) >= 11 is 0. The van der Waals surface area contributed by atoms with E-state index in [2.05, 4.69) is 48.7 Å². The van der Waals surface area contributed by atoms with Crippen molar-refractivity contribution in [1.82, 2.24) is 10.6 Å². The van der Waals surface area contributed by atoms with Crippen LogP contribution < -0.4 is 10.6 Å². The first-order valence-electron chi connectivity index (χ1n) is 7.76. The van der Waals surface area contributed by atoms with Gasteiger partial charge in [0.15, 0.2) is 0 Å². The topological polar surface area (TPSA) is 58.2 Å². The molecule has 0 aliphatic carbocycles. The smallest absolute Gasteiger partial charge is 0.242 e. The fraction of sp³-hybridized carbons (Fsp3) is 0.529. The Balaban J connectivity index is 1.75. The lowest BCUT2D eigenvalue weighted by Crippen LogP contribution is -2.42. The van der Waals surface area contributed by atoms with Gasteiger partial charge < -0.3 is 10.6 Å². The van der Waals surface area contributed by atoms with E-state index in [1.807, 2.05) is 0 Å². The van der Waals surface area contributed by atoms with Crippen LogP contribution in [0.1, 0.15) is 50.2 Å². The lowest BCUT2D eigenvalue weighted by atomic mass is 9.97. The number of hydrogen-bond donors (Lipinski definition) is 2. The van der Waals surface area contributed by atoms with Crippen LogP contribution in [0, 0.1) is 0 Å². The van der Waals surface area contributed by atoms with Gasteiger partial charge in [-0.2, -0.15) is 0 Å². The van der Waals surface area contributed by atoms with Crippen LogP contribution in [0.15, 0.2) is 24.3 Å². The summed E-state index contributed by atoms with van der Waals surface area (Å²) in [7, 11) is 0. The van der Waals surface area contributed by atoms with Gasteiger partial charge in [-0.3, -0.25) is 9.59 Å². The summed E-state index contributed by atoms with van der Waals surface area (Å²) in [5.74, 6) is 0.484. The van der Waals surface area contributed by atoms with Gasteiger partial charge in [0, 0.05) is 13.0 Å². The van der Waals surface area contributed by atoms with Crippen LogP contribution in [0.2, 0.25) is 0 Å². The van der Waals surface area contributed by atoms with Gasteiger partial charge in [-0.05, 0) is 36.3 Å². The van der Waals surface area contributed by atoms with E-state index in [0.717, 1.165) is 12.8 Å². The molecule has 1 aromatic carbocycles. The maximum atomic E-state index is 11.8. The first-order valence-corrected chi connectivity index (χ1v) is 7.76.